The van der Waals surface area contributed by atoms with Crippen LogP contribution in [-0.4, -0.2) is 17.1 Å². The molecule has 0 rings (SSSR count). The van der Waals surface area contributed by atoms with Crippen molar-refractivity contribution < 1.29 is 8.70 Å². The van der Waals surface area contributed by atoms with Crippen molar-refractivity contribution in [1.82, 2.24) is 5.06 Å². The Labute approximate surface area is 80.0 Å². The van der Waals surface area contributed by atoms with Gasteiger partial charge in [-0.15, -0.1) is 0 Å². The molecule has 0 aliphatic heterocycles. The molecule has 0 aliphatic rings. The number of hydroxylamine groups is 2. The van der Waals surface area contributed by atoms with Gasteiger partial charge in [-0.1, -0.05) is 0 Å². The highest BCUT2D eigenvalue weighted by atomic mass is 35.5. The molecule has 0 saturated carbocycles. The Morgan fingerprint density at radius 1 is 1.25 bits per heavy atom. The minimum Gasteiger partial charge on any atom is -0.262 e. The summed E-state index contributed by atoms with van der Waals surface area (Å²) >= 11 is 5.06. The van der Waals surface area contributed by atoms with Crippen molar-refractivity contribution in [3.05, 3.63) is 0 Å². The molecule has 0 aromatic carbocycles. The van der Waals surface area contributed by atoms with Gasteiger partial charge in [0.1, 0.15) is 0 Å². The van der Waals surface area contributed by atoms with Crippen molar-refractivity contribution in [2.45, 2.75) is 39.8 Å². The predicted molar refractivity (Wildman–Crippen MR) is 51.2 cm³/mol. The van der Waals surface area contributed by atoms with Crippen molar-refractivity contribution in [2.75, 3.05) is 0 Å². The highest BCUT2D eigenvalue weighted by molar-refractivity contribution is 7.45. The van der Waals surface area contributed by atoms with Gasteiger partial charge in [0.05, 0.1) is 11.9 Å². The molecule has 4 nitrogen and oxygen atoms in total. The molecule has 1 unspecified atom stereocenters. The second-order valence-corrected chi connectivity index (χ2v) is 4.27. The molecule has 0 aliphatic carbocycles. The van der Waals surface area contributed by atoms with Gasteiger partial charge in [-0.25, -0.2) is 8.70 Å². The fourth-order valence-electron chi connectivity index (χ4n) is 0.890. The lowest BCUT2D eigenvalue weighted by atomic mass is 10.3. The fourth-order valence-corrected chi connectivity index (χ4v) is 1.55. The lowest BCUT2D eigenvalue weighted by molar-refractivity contribution is -0.108. The highest BCUT2D eigenvalue weighted by Gasteiger charge is 2.18. The molecule has 0 aromatic heterocycles. The maximum Gasteiger partial charge on any atom is 0.289 e. The molecule has 0 bridgehead atoms. The maximum atomic E-state index is 5.40. The van der Waals surface area contributed by atoms with Gasteiger partial charge in [-0.05, 0) is 27.7 Å². The zero-order valence-electron chi connectivity index (χ0n) is 7.82. The summed E-state index contributed by atoms with van der Waals surface area (Å²) in [6.07, 6.45) is 0. The summed E-state index contributed by atoms with van der Waals surface area (Å²) in [5, 5.41) is 1.76. The average molecular weight is 215 g/mol. The van der Waals surface area contributed by atoms with Gasteiger partial charge < -0.3 is 0 Å². The third-order valence-electron chi connectivity index (χ3n) is 1.26. The Balaban J connectivity index is 3.95. The zero-order valence-corrected chi connectivity index (χ0v) is 9.47. The van der Waals surface area contributed by atoms with Crippen LogP contribution in [0.4, 0.5) is 0 Å². The first-order valence-corrected chi connectivity index (χ1v) is 5.34. The second kappa shape index (κ2) is 6.08. The third kappa shape index (κ3) is 4.55. The van der Waals surface area contributed by atoms with Gasteiger partial charge in [-0.3, -0.25) is 5.50 Å². The van der Waals surface area contributed by atoms with Crippen LogP contribution in [0.2, 0.25) is 0 Å². The van der Waals surface area contributed by atoms with E-state index >= 15 is 0 Å². The van der Waals surface area contributed by atoms with E-state index < -0.39 is 8.53 Å². The lowest BCUT2D eigenvalue weighted by Crippen LogP contribution is -2.36. The molecule has 0 fully saturated rings. The first kappa shape index (κ1) is 12.6. The SMILES string of the molecule is CC(C)N(OP(N)OCl)C(C)C. The summed E-state index contributed by atoms with van der Waals surface area (Å²) < 4.78 is 9.58. The number of nitrogens with zero attached hydrogens (tertiary/aromatic N) is 1. The molecule has 0 heterocycles. The average Bonchev–Trinajstić information content (AvgIpc) is 1.98. The normalized spacial score (nSPS) is 14.8. The van der Waals surface area contributed by atoms with Crippen LogP contribution >= 0.6 is 20.4 Å². The summed E-state index contributed by atoms with van der Waals surface area (Å²) in [4.78, 5) is 0. The summed E-state index contributed by atoms with van der Waals surface area (Å²) in [7, 11) is -1.49. The predicted octanol–water partition coefficient (Wildman–Crippen LogP) is 2.39. The van der Waals surface area contributed by atoms with Gasteiger partial charge in [-0.2, -0.15) is 5.06 Å². The lowest BCUT2D eigenvalue weighted by Gasteiger charge is -2.29. The van der Waals surface area contributed by atoms with E-state index in [-0.39, 0.29) is 12.1 Å². The molecule has 0 radical (unpaired) electrons. The molecule has 2 N–H and O–H groups in total. The summed E-state index contributed by atoms with van der Waals surface area (Å²) in [5.41, 5.74) is 5.40. The summed E-state index contributed by atoms with van der Waals surface area (Å²) in [5.74, 6) is 0. The van der Waals surface area contributed by atoms with Crippen LogP contribution in [0.15, 0.2) is 0 Å². The smallest absolute Gasteiger partial charge is 0.262 e. The first-order valence-electron chi connectivity index (χ1n) is 3.79. The Bertz CT molecular complexity index is 118. The zero-order chi connectivity index (χ0) is 9.72. The van der Waals surface area contributed by atoms with E-state index in [1.165, 1.54) is 0 Å². The second-order valence-electron chi connectivity index (χ2n) is 2.98. The molecule has 0 spiro atoms. The van der Waals surface area contributed by atoms with Crippen LogP contribution in [0, 0.1) is 0 Å². The van der Waals surface area contributed by atoms with Crippen LogP contribution in [0.1, 0.15) is 27.7 Å². The van der Waals surface area contributed by atoms with E-state index in [0.29, 0.717) is 0 Å². The van der Waals surface area contributed by atoms with E-state index in [2.05, 4.69) is 4.08 Å². The number of nitrogens with two attached hydrogens (primary N) is 1. The van der Waals surface area contributed by atoms with Crippen molar-refractivity contribution in [3.63, 3.8) is 0 Å². The Kier molecular flexibility index (Phi) is 6.36. The van der Waals surface area contributed by atoms with E-state index in [4.69, 9.17) is 22.0 Å². The highest BCUT2D eigenvalue weighted by Crippen LogP contribution is 2.33. The van der Waals surface area contributed by atoms with E-state index in [1.807, 2.05) is 27.7 Å². The van der Waals surface area contributed by atoms with Gasteiger partial charge in [0.2, 0.25) is 0 Å². The third-order valence-corrected chi connectivity index (χ3v) is 2.15. The van der Waals surface area contributed by atoms with E-state index in [9.17, 15) is 0 Å². The van der Waals surface area contributed by atoms with Gasteiger partial charge in [0.15, 0.2) is 0 Å². The number of halogens is 1. The topological polar surface area (TPSA) is 47.7 Å². The van der Waals surface area contributed by atoms with Crippen molar-refractivity contribution in [1.29, 1.82) is 0 Å². The van der Waals surface area contributed by atoms with Crippen molar-refractivity contribution in [2.24, 2.45) is 5.50 Å². The molecule has 0 saturated heterocycles. The monoisotopic (exact) mass is 214 g/mol. The van der Waals surface area contributed by atoms with Gasteiger partial charge in [0.25, 0.3) is 8.53 Å². The van der Waals surface area contributed by atoms with Crippen LogP contribution in [0.25, 0.3) is 0 Å². The summed E-state index contributed by atoms with van der Waals surface area (Å²) in [6.45, 7) is 8.05. The number of hydrogen-bond acceptors (Lipinski definition) is 4. The minimum absolute atomic E-state index is 0.255. The maximum absolute atomic E-state index is 5.40. The van der Waals surface area contributed by atoms with Crippen LogP contribution < -0.4 is 5.50 Å². The Morgan fingerprint density at radius 3 is 1.92 bits per heavy atom. The Morgan fingerprint density at radius 2 is 1.67 bits per heavy atom. The van der Waals surface area contributed by atoms with Crippen molar-refractivity contribution >= 4 is 20.4 Å². The molecule has 12 heavy (non-hydrogen) atoms. The molecule has 74 valence electrons. The Hall–Kier alpha value is 0.560. The first-order chi connectivity index (χ1) is 5.49. The molecule has 6 heteroatoms. The van der Waals surface area contributed by atoms with E-state index in [0.717, 1.165) is 0 Å². The van der Waals surface area contributed by atoms with Gasteiger partial charge in [0, 0.05) is 12.1 Å². The molecule has 1 atom stereocenters. The van der Waals surface area contributed by atoms with Crippen LogP contribution in [0.5, 0.6) is 0 Å². The van der Waals surface area contributed by atoms with Crippen LogP contribution in [-0.2, 0) is 8.70 Å². The largest absolute Gasteiger partial charge is 0.289 e. The molecule has 0 aromatic rings. The molecular weight excluding hydrogens is 199 g/mol. The quantitative estimate of drug-likeness (QED) is 0.564. The fraction of sp³-hybridized carbons (Fsp3) is 1.00. The number of hydrogen-bond donors (Lipinski definition) is 1. The molecule has 0 amide bonds. The van der Waals surface area contributed by atoms with Crippen LogP contribution in [0.3, 0.4) is 0 Å². The summed E-state index contributed by atoms with van der Waals surface area (Å²) in [6, 6.07) is 0.510. The van der Waals surface area contributed by atoms with Gasteiger partial charge >= 0.3 is 0 Å². The minimum atomic E-state index is -1.49. The van der Waals surface area contributed by atoms with Crippen molar-refractivity contribution in [3.8, 4) is 0 Å². The number of rotatable bonds is 5. The molecular formula is C6H16ClN2O2P. The van der Waals surface area contributed by atoms with E-state index in [1.54, 1.807) is 5.06 Å². The standard InChI is InChI=1S/C6H16ClN2O2P/c1-5(2)9(6(3)4)11-12(8)10-7/h5-6H,8H2,1-4H3.